The number of hydrogen-bond donors (Lipinski definition) is 0. The zero-order chi connectivity index (χ0) is 22.8. The molecule has 1 aromatic heterocycles. The summed E-state index contributed by atoms with van der Waals surface area (Å²) in [6.07, 6.45) is 0. The molecule has 1 heterocycles. The first-order chi connectivity index (χ1) is 14.5. The van der Waals surface area contributed by atoms with Crippen LogP contribution in [0.1, 0.15) is 10.6 Å². The number of halogens is 4. The van der Waals surface area contributed by atoms with E-state index in [4.69, 9.17) is 7.25 Å². The predicted molar refractivity (Wildman–Crippen MR) is 117 cm³/mol. The molecule has 0 saturated carbocycles. The Hall–Kier alpha value is -2.21. The summed E-state index contributed by atoms with van der Waals surface area (Å²) in [5.74, 6) is 0.447. The Morgan fingerprint density at radius 1 is 1.13 bits per heavy atom. The van der Waals surface area contributed by atoms with Gasteiger partial charge in [-0.15, -0.1) is 0 Å². The van der Waals surface area contributed by atoms with E-state index in [0.29, 0.717) is 17.0 Å². The molecule has 31 heavy (non-hydrogen) atoms. The molecular formula is C19H14F3IN2O4S2. The predicted octanol–water partition coefficient (Wildman–Crippen LogP) is 5.33. The van der Waals surface area contributed by atoms with Crippen molar-refractivity contribution in [1.82, 2.24) is 4.98 Å². The number of aromatic nitrogens is 1. The van der Waals surface area contributed by atoms with E-state index in [0.717, 1.165) is 5.01 Å². The van der Waals surface area contributed by atoms with E-state index in [-0.39, 0.29) is 12.7 Å². The first kappa shape index (κ1) is 23.5. The van der Waals surface area contributed by atoms with Crippen LogP contribution in [0.4, 0.5) is 13.2 Å². The number of nitriles is 1. The zero-order valence-corrected chi connectivity index (χ0v) is 19.8. The summed E-state index contributed by atoms with van der Waals surface area (Å²) in [5, 5.41) is 11.9. The van der Waals surface area contributed by atoms with E-state index in [2.05, 4.69) is 4.98 Å². The molecule has 0 unspecified atom stereocenters. The number of alkyl halides is 3. The standard InChI is InChI=1S/C19H14F3IN2O4S2/c1-12-25-18(11-30-12)14-7-13(10-24)8-16(9-14)23(29-31(26,27)19(20,21)22)15-3-5-17(28-2)6-4-15/h3-9,11H,1-2H3. The summed E-state index contributed by atoms with van der Waals surface area (Å²) in [6.45, 7) is 1.79. The second-order valence-corrected chi connectivity index (χ2v) is 13.5. The van der Waals surface area contributed by atoms with Crippen LogP contribution in [-0.4, -0.2) is 26.0 Å². The third-order valence-corrected chi connectivity index (χ3v) is 11.6. The van der Waals surface area contributed by atoms with Crippen molar-refractivity contribution < 1.29 is 28.8 Å². The van der Waals surface area contributed by atoms with Gasteiger partial charge in [0.25, 0.3) is 0 Å². The van der Waals surface area contributed by atoms with Crippen LogP contribution in [0.15, 0.2) is 47.8 Å². The second kappa shape index (κ2) is 9.11. The molecule has 0 saturated heterocycles. The molecule has 2 aromatic carbocycles. The second-order valence-electron chi connectivity index (χ2n) is 5.96. The summed E-state index contributed by atoms with van der Waals surface area (Å²) >= 11 is -2.29. The molecule has 3 rings (SSSR count). The fourth-order valence-electron chi connectivity index (χ4n) is 2.40. The van der Waals surface area contributed by atoms with E-state index in [1.165, 1.54) is 54.8 Å². The third-order valence-electron chi connectivity index (χ3n) is 3.82. The van der Waals surface area contributed by atoms with Crippen molar-refractivity contribution in [1.29, 1.82) is 5.26 Å². The number of methoxy groups -OCH3 is 1. The van der Waals surface area contributed by atoms with Crippen LogP contribution < -0.4 is 4.74 Å². The van der Waals surface area contributed by atoms with Crippen LogP contribution >= 0.6 is 31.6 Å². The van der Waals surface area contributed by atoms with Crippen molar-refractivity contribution in [3.05, 3.63) is 65.6 Å². The first-order valence-corrected chi connectivity index (χ1v) is 13.7. The number of aryl methyl sites for hydroxylation is 1. The molecule has 3 aromatic rings. The molecule has 0 aliphatic carbocycles. The Morgan fingerprint density at radius 3 is 2.32 bits per heavy atom. The van der Waals surface area contributed by atoms with E-state index in [1.54, 1.807) is 18.4 Å². The minimum atomic E-state index is -5.86. The Balaban J connectivity index is 2.17. The first-order valence-electron chi connectivity index (χ1n) is 8.37. The molecule has 0 atom stereocenters. The number of ether oxygens (including phenoxy) is 1. The van der Waals surface area contributed by atoms with Gasteiger partial charge in [-0.2, -0.15) is 0 Å². The van der Waals surface area contributed by atoms with Gasteiger partial charge in [0.15, 0.2) is 0 Å². The van der Waals surface area contributed by atoms with E-state index in [1.807, 2.05) is 6.07 Å². The van der Waals surface area contributed by atoms with Gasteiger partial charge in [-0.05, 0) is 0 Å². The molecule has 6 nitrogen and oxygen atoms in total. The zero-order valence-electron chi connectivity index (χ0n) is 16.0. The average Bonchev–Trinajstić information content (AvgIpc) is 3.17. The third kappa shape index (κ3) is 5.35. The number of benzene rings is 2. The topological polar surface area (TPSA) is 89.3 Å². The average molecular weight is 582 g/mol. The number of thiazole rings is 1. The van der Waals surface area contributed by atoms with Crippen molar-refractivity contribution in [2.75, 3.05) is 7.11 Å². The van der Waals surface area contributed by atoms with Crippen molar-refractivity contribution in [3.8, 4) is 23.1 Å². The van der Waals surface area contributed by atoms with Gasteiger partial charge in [0.2, 0.25) is 0 Å². The van der Waals surface area contributed by atoms with Crippen LogP contribution in [0.2, 0.25) is 0 Å². The van der Waals surface area contributed by atoms with E-state index >= 15 is 0 Å². The Labute approximate surface area is 188 Å². The van der Waals surface area contributed by atoms with Gasteiger partial charge in [0.1, 0.15) is 0 Å². The van der Waals surface area contributed by atoms with Gasteiger partial charge in [-0.25, -0.2) is 0 Å². The summed E-state index contributed by atoms with van der Waals surface area (Å²) in [7, 11) is -4.43. The molecule has 0 radical (unpaired) electrons. The summed E-state index contributed by atoms with van der Waals surface area (Å²) < 4.78 is 73.2. The van der Waals surface area contributed by atoms with Crippen molar-refractivity contribution in [3.63, 3.8) is 0 Å². The molecule has 164 valence electrons. The summed E-state index contributed by atoms with van der Waals surface area (Å²) in [6, 6.07) is 12.3. The minimum absolute atomic E-state index is 0.155. The quantitative estimate of drug-likeness (QED) is 0.289. The maximum absolute atomic E-state index is 13.1. The Morgan fingerprint density at radius 2 is 1.81 bits per heavy atom. The van der Waals surface area contributed by atoms with Crippen LogP contribution in [0.5, 0.6) is 5.75 Å². The molecular weight excluding hydrogens is 568 g/mol. The van der Waals surface area contributed by atoms with Crippen LogP contribution in [-0.2, 0) is 12.6 Å². The molecule has 0 spiro atoms. The van der Waals surface area contributed by atoms with Gasteiger partial charge < -0.3 is 0 Å². The van der Waals surface area contributed by atoms with Crippen LogP contribution in [0.25, 0.3) is 11.3 Å². The van der Waals surface area contributed by atoms with Gasteiger partial charge in [-0.3, -0.25) is 0 Å². The van der Waals surface area contributed by atoms with Gasteiger partial charge in [-0.1, -0.05) is 0 Å². The number of rotatable bonds is 6. The maximum atomic E-state index is 13.1. The van der Waals surface area contributed by atoms with Crippen molar-refractivity contribution >= 4 is 41.7 Å². The molecule has 0 fully saturated rings. The molecule has 0 bridgehead atoms. The molecule has 0 aliphatic rings. The van der Waals surface area contributed by atoms with Gasteiger partial charge in [0, 0.05) is 0 Å². The number of nitrogens with zero attached hydrogens (tertiary/aromatic N) is 2. The fraction of sp³-hybridized carbons (Fsp3) is 0.158. The van der Waals surface area contributed by atoms with Crippen molar-refractivity contribution in [2.24, 2.45) is 0 Å². The summed E-state index contributed by atoms with van der Waals surface area (Å²) in [4.78, 5) is 4.34. The number of hydrogen-bond acceptors (Lipinski definition) is 7. The SMILES string of the molecule is COc1ccc(I(OS(=O)(=O)C(F)(F)F)c2cc(C#N)cc(-c3csc(C)n3)c2)cc1. The fourth-order valence-corrected chi connectivity index (χ4v) is 9.65. The molecule has 12 heteroatoms. The monoisotopic (exact) mass is 582 g/mol. The van der Waals surface area contributed by atoms with E-state index in [9.17, 15) is 26.9 Å². The Bertz CT molecular complexity index is 1240. The molecule has 0 amide bonds. The van der Waals surface area contributed by atoms with Crippen LogP contribution in [0, 0.1) is 25.4 Å². The molecule has 0 aliphatic heterocycles. The summed E-state index contributed by atoms with van der Waals surface area (Å²) in [5.41, 5.74) is -4.40. The molecule has 0 N–H and O–H groups in total. The van der Waals surface area contributed by atoms with Gasteiger partial charge in [0.05, 0.1) is 0 Å². The van der Waals surface area contributed by atoms with Gasteiger partial charge >= 0.3 is 189 Å². The van der Waals surface area contributed by atoms with E-state index < -0.39 is 35.9 Å². The van der Waals surface area contributed by atoms with Crippen molar-refractivity contribution in [2.45, 2.75) is 12.4 Å². The Kier molecular flexibility index (Phi) is 6.89. The van der Waals surface area contributed by atoms with Crippen LogP contribution in [0.3, 0.4) is 0 Å². The normalized spacial score (nSPS) is 12.3.